The van der Waals surface area contributed by atoms with E-state index in [1.165, 1.54) is 27.3 Å². The number of ether oxygens (including phenoxy) is 1. The van der Waals surface area contributed by atoms with Crippen molar-refractivity contribution in [2.24, 2.45) is 4.99 Å². The molecule has 2 aromatic carbocycles. The topological polar surface area (TPSA) is 43.6 Å². The summed E-state index contributed by atoms with van der Waals surface area (Å²) in [6.07, 6.45) is 2.01. The Hall–Kier alpha value is -2.66. The minimum absolute atomic E-state index is 0.277. The number of methoxy groups -OCH3 is 1. The van der Waals surface area contributed by atoms with Gasteiger partial charge in [0.25, 0.3) is 5.91 Å². The molecular weight excluding hydrogens is 380 g/mol. The van der Waals surface area contributed by atoms with Crippen LogP contribution < -0.4 is 9.54 Å². The lowest BCUT2D eigenvalue weighted by molar-refractivity contribution is 0.0995. The molecule has 0 spiro atoms. The molecule has 152 valence electrons. The van der Waals surface area contributed by atoms with E-state index in [1.807, 2.05) is 12.1 Å². The predicted molar refractivity (Wildman–Crippen MR) is 120 cm³/mol. The molecule has 1 aromatic heterocycles. The maximum atomic E-state index is 12.9. The van der Waals surface area contributed by atoms with Gasteiger partial charge in [0.05, 0.1) is 18.4 Å². The van der Waals surface area contributed by atoms with Crippen LogP contribution in [0.4, 0.5) is 0 Å². The molecule has 0 saturated heterocycles. The van der Waals surface area contributed by atoms with Crippen molar-refractivity contribution >= 4 is 17.2 Å². The highest BCUT2D eigenvalue weighted by atomic mass is 32.1. The number of hydrogen-bond acceptors (Lipinski definition) is 3. The SMILES string of the molecule is CCCc1sc(=NC(=O)c2ccccc2OC)n(CC)c1-c1ccc(C)c(C)c1. The number of rotatable bonds is 6. The summed E-state index contributed by atoms with van der Waals surface area (Å²) >= 11 is 1.61. The van der Waals surface area contributed by atoms with Gasteiger partial charge in [-0.1, -0.05) is 37.6 Å². The van der Waals surface area contributed by atoms with Crippen LogP contribution in [0.3, 0.4) is 0 Å². The van der Waals surface area contributed by atoms with E-state index in [0.29, 0.717) is 11.3 Å². The Labute approximate surface area is 176 Å². The zero-order chi connectivity index (χ0) is 21.0. The first-order chi connectivity index (χ1) is 14.0. The lowest BCUT2D eigenvalue weighted by atomic mass is 10.0. The number of nitrogens with zero attached hydrogens (tertiary/aromatic N) is 2. The summed E-state index contributed by atoms with van der Waals surface area (Å²) in [4.78, 5) is 19.4. The van der Waals surface area contributed by atoms with Gasteiger partial charge in [0.1, 0.15) is 5.75 Å². The highest BCUT2D eigenvalue weighted by molar-refractivity contribution is 7.09. The summed E-state index contributed by atoms with van der Waals surface area (Å²) in [6, 6.07) is 13.8. The van der Waals surface area contributed by atoms with E-state index in [1.54, 1.807) is 30.6 Å². The molecule has 0 unspecified atom stereocenters. The Kier molecular flexibility index (Phi) is 6.70. The lowest BCUT2D eigenvalue weighted by Crippen LogP contribution is -2.17. The highest BCUT2D eigenvalue weighted by Crippen LogP contribution is 2.29. The third-order valence-corrected chi connectivity index (χ3v) is 6.23. The van der Waals surface area contributed by atoms with E-state index < -0.39 is 0 Å². The van der Waals surface area contributed by atoms with E-state index >= 15 is 0 Å². The molecule has 0 atom stereocenters. The standard InChI is InChI=1S/C24H28N2O2S/c1-6-10-21-22(18-14-13-16(3)17(4)15-18)26(7-2)24(29-21)25-23(27)19-11-8-9-12-20(19)28-5/h8-9,11-15H,6-7,10H2,1-5H3. The molecule has 0 aliphatic rings. The van der Waals surface area contributed by atoms with Crippen molar-refractivity contribution in [1.82, 2.24) is 4.57 Å². The highest BCUT2D eigenvalue weighted by Gasteiger charge is 2.17. The first-order valence-corrected chi connectivity index (χ1v) is 10.8. The van der Waals surface area contributed by atoms with Crippen LogP contribution in [0, 0.1) is 13.8 Å². The molecule has 3 aromatic rings. The third-order valence-electron chi connectivity index (χ3n) is 5.09. The molecular formula is C24H28N2O2S. The first-order valence-electron chi connectivity index (χ1n) is 10.0. The number of amides is 1. The molecule has 29 heavy (non-hydrogen) atoms. The van der Waals surface area contributed by atoms with E-state index in [2.05, 4.69) is 55.5 Å². The fraction of sp³-hybridized carbons (Fsp3) is 0.333. The molecule has 0 radical (unpaired) electrons. The molecule has 0 aliphatic heterocycles. The smallest absolute Gasteiger partial charge is 0.283 e. The van der Waals surface area contributed by atoms with E-state index in [4.69, 9.17) is 4.74 Å². The summed E-state index contributed by atoms with van der Waals surface area (Å²) in [5.74, 6) is 0.268. The maximum absolute atomic E-state index is 12.9. The summed E-state index contributed by atoms with van der Waals surface area (Å²) in [6.45, 7) is 9.29. The van der Waals surface area contributed by atoms with Crippen LogP contribution in [-0.4, -0.2) is 17.6 Å². The lowest BCUT2D eigenvalue weighted by Gasteiger charge is -2.11. The van der Waals surface area contributed by atoms with Crippen molar-refractivity contribution in [3.63, 3.8) is 0 Å². The van der Waals surface area contributed by atoms with Gasteiger partial charge in [-0.25, -0.2) is 0 Å². The second-order valence-electron chi connectivity index (χ2n) is 7.07. The van der Waals surface area contributed by atoms with Crippen molar-refractivity contribution in [3.8, 4) is 17.0 Å². The zero-order valence-corrected chi connectivity index (χ0v) is 18.6. The van der Waals surface area contributed by atoms with Gasteiger partial charge in [-0.2, -0.15) is 4.99 Å². The largest absolute Gasteiger partial charge is 0.496 e. The number of aryl methyl sites for hydroxylation is 3. The van der Waals surface area contributed by atoms with Crippen LogP contribution in [0.15, 0.2) is 47.5 Å². The number of benzene rings is 2. The van der Waals surface area contributed by atoms with Crippen molar-refractivity contribution in [3.05, 3.63) is 68.8 Å². The average molecular weight is 409 g/mol. The summed E-state index contributed by atoms with van der Waals surface area (Å²) < 4.78 is 7.50. The van der Waals surface area contributed by atoms with Gasteiger partial charge in [-0.15, -0.1) is 11.3 Å². The van der Waals surface area contributed by atoms with Crippen LogP contribution >= 0.6 is 11.3 Å². The second kappa shape index (κ2) is 9.23. The van der Waals surface area contributed by atoms with Crippen molar-refractivity contribution < 1.29 is 9.53 Å². The van der Waals surface area contributed by atoms with E-state index in [-0.39, 0.29) is 5.91 Å². The summed E-state index contributed by atoms with van der Waals surface area (Å²) in [7, 11) is 1.57. The van der Waals surface area contributed by atoms with Gasteiger partial charge < -0.3 is 9.30 Å². The molecule has 1 amide bonds. The van der Waals surface area contributed by atoms with Gasteiger partial charge in [0.15, 0.2) is 4.80 Å². The molecule has 3 rings (SSSR count). The Balaban J connectivity index is 2.18. The van der Waals surface area contributed by atoms with Gasteiger partial charge in [0, 0.05) is 11.4 Å². The fourth-order valence-corrected chi connectivity index (χ4v) is 4.72. The quantitative estimate of drug-likeness (QED) is 0.536. The minimum atomic E-state index is -0.277. The van der Waals surface area contributed by atoms with Crippen LogP contribution in [0.2, 0.25) is 0 Å². The predicted octanol–water partition coefficient (Wildman–Crippen LogP) is 5.56. The molecule has 0 fully saturated rings. The fourth-order valence-electron chi connectivity index (χ4n) is 3.41. The van der Waals surface area contributed by atoms with Gasteiger partial charge >= 0.3 is 0 Å². The monoisotopic (exact) mass is 408 g/mol. The zero-order valence-electron chi connectivity index (χ0n) is 17.8. The van der Waals surface area contributed by atoms with Crippen LogP contribution in [0.5, 0.6) is 5.75 Å². The number of aromatic nitrogens is 1. The normalized spacial score (nSPS) is 11.7. The number of para-hydroxylation sites is 1. The maximum Gasteiger partial charge on any atom is 0.283 e. The number of thiazole rings is 1. The second-order valence-corrected chi connectivity index (χ2v) is 8.13. The molecule has 0 aliphatic carbocycles. The molecule has 1 heterocycles. The van der Waals surface area contributed by atoms with Crippen LogP contribution in [0.1, 0.15) is 46.6 Å². The molecule has 0 N–H and O–H groups in total. The number of carbonyl (C=O) groups is 1. The Morgan fingerprint density at radius 2 is 1.86 bits per heavy atom. The van der Waals surface area contributed by atoms with Gasteiger partial charge in [0.2, 0.25) is 0 Å². The Morgan fingerprint density at radius 3 is 2.52 bits per heavy atom. The van der Waals surface area contributed by atoms with E-state index in [0.717, 1.165) is 24.2 Å². The summed E-state index contributed by atoms with van der Waals surface area (Å²) in [5.41, 5.74) is 5.38. The molecule has 0 saturated carbocycles. The van der Waals surface area contributed by atoms with Crippen molar-refractivity contribution in [2.45, 2.75) is 47.1 Å². The van der Waals surface area contributed by atoms with Crippen LogP contribution in [0.25, 0.3) is 11.3 Å². The van der Waals surface area contributed by atoms with Gasteiger partial charge in [-0.3, -0.25) is 4.79 Å². The van der Waals surface area contributed by atoms with Gasteiger partial charge in [-0.05, 0) is 62.1 Å². The Bertz CT molecular complexity index is 1090. The Morgan fingerprint density at radius 1 is 1.10 bits per heavy atom. The molecule has 5 heteroatoms. The third kappa shape index (κ3) is 4.35. The first kappa shape index (κ1) is 21.1. The molecule has 0 bridgehead atoms. The average Bonchev–Trinajstić information content (AvgIpc) is 3.07. The molecule has 4 nitrogen and oxygen atoms in total. The number of hydrogen-bond donors (Lipinski definition) is 0. The van der Waals surface area contributed by atoms with Crippen LogP contribution in [-0.2, 0) is 13.0 Å². The number of carbonyl (C=O) groups excluding carboxylic acids is 1. The van der Waals surface area contributed by atoms with E-state index in [9.17, 15) is 4.79 Å². The summed E-state index contributed by atoms with van der Waals surface area (Å²) in [5, 5.41) is 0. The van der Waals surface area contributed by atoms with Crippen molar-refractivity contribution in [2.75, 3.05) is 7.11 Å². The minimum Gasteiger partial charge on any atom is -0.496 e. The van der Waals surface area contributed by atoms with Crippen molar-refractivity contribution in [1.29, 1.82) is 0 Å².